The van der Waals surface area contributed by atoms with Crippen molar-refractivity contribution >= 4 is 27.5 Å². The van der Waals surface area contributed by atoms with Gasteiger partial charge in [-0.1, -0.05) is 48.9 Å². The second kappa shape index (κ2) is 6.51. The predicted molar refractivity (Wildman–Crippen MR) is 93.1 cm³/mol. The minimum absolute atomic E-state index is 0.144. The van der Waals surface area contributed by atoms with E-state index in [9.17, 15) is 0 Å². The summed E-state index contributed by atoms with van der Waals surface area (Å²) < 4.78 is 0.950. The zero-order valence-electron chi connectivity index (χ0n) is 12.1. The van der Waals surface area contributed by atoms with Crippen LogP contribution in [0.15, 0.2) is 40.9 Å². The summed E-state index contributed by atoms with van der Waals surface area (Å²) in [4.78, 5) is 0. The van der Waals surface area contributed by atoms with Gasteiger partial charge in [0.15, 0.2) is 0 Å². The highest BCUT2D eigenvalue weighted by Gasteiger charge is 2.19. The Hall–Kier alpha value is -0.830. The molecule has 1 N–H and O–H groups in total. The van der Waals surface area contributed by atoms with Crippen molar-refractivity contribution in [1.82, 2.24) is 5.32 Å². The number of benzene rings is 2. The molecule has 2 aromatic carbocycles. The van der Waals surface area contributed by atoms with Crippen molar-refractivity contribution < 1.29 is 0 Å². The van der Waals surface area contributed by atoms with Crippen LogP contribution in [0.4, 0.5) is 0 Å². The van der Waals surface area contributed by atoms with Crippen LogP contribution in [0.2, 0.25) is 5.02 Å². The van der Waals surface area contributed by atoms with Crippen LogP contribution in [0, 0.1) is 0 Å². The normalized spacial score (nSPS) is 15.0. The van der Waals surface area contributed by atoms with Crippen LogP contribution in [0.1, 0.15) is 41.6 Å². The molecule has 3 heteroatoms. The number of hydrogen-bond acceptors (Lipinski definition) is 1. The number of aryl methyl sites for hydroxylation is 2. The Morgan fingerprint density at radius 3 is 2.81 bits per heavy atom. The summed E-state index contributed by atoms with van der Waals surface area (Å²) in [6.45, 7) is 3.04. The maximum atomic E-state index is 6.50. The second-order valence-corrected chi connectivity index (χ2v) is 6.75. The van der Waals surface area contributed by atoms with Crippen molar-refractivity contribution in [3.05, 3.63) is 68.1 Å². The fourth-order valence-corrected chi connectivity index (χ4v) is 3.74. The molecule has 0 saturated heterocycles. The Morgan fingerprint density at radius 1 is 1.19 bits per heavy atom. The van der Waals surface area contributed by atoms with E-state index >= 15 is 0 Å². The van der Waals surface area contributed by atoms with Gasteiger partial charge in [0.25, 0.3) is 0 Å². The Kier molecular flexibility index (Phi) is 4.68. The smallest absolute Gasteiger partial charge is 0.0599 e. The van der Waals surface area contributed by atoms with Gasteiger partial charge in [-0.3, -0.25) is 0 Å². The van der Waals surface area contributed by atoms with Crippen LogP contribution < -0.4 is 5.32 Å². The molecule has 3 rings (SSSR count). The molecule has 0 spiro atoms. The first-order chi connectivity index (χ1) is 10.2. The van der Waals surface area contributed by atoms with E-state index in [1.54, 1.807) is 0 Å². The summed E-state index contributed by atoms with van der Waals surface area (Å²) in [6.07, 6.45) is 3.70. The highest BCUT2D eigenvalue weighted by Crippen LogP contribution is 2.35. The van der Waals surface area contributed by atoms with E-state index in [1.165, 1.54) is 36.0 Å². The van der Waals surface area contributed by atoms with Crippen LogP contribution in [0.25, 0.3) is 0 Å². The van der Waals surface area contributed by atoms with Crippen molar-refractivity contribution in [2.75, 3.05) is 6.54 Å². The minimum Gasteiger partial charge on any atom is -0.306 e. The van der Waals surface area contributed by atoms with E-state index in [2.05, 4.69) is 52.4 Å². The third-order valence-electron chi connectivity index (χ3n) is 4.16. The molecule has 1 aliphatic rings. The molecule has 2 aromatic rings. The first kappa shape index (κ1) is 15.1. The number of rotatable bonds is 4. The summed E-state index contributed by atoms with van der Waals surface area (Å²) in [5.74, 6) is 0. The molecule has 0 aromatic heterocycles. The van der Waals surface area contributed by atoms with Crippen molar-refractivity contribution in [3.63, 3.8) is 0 Å². The molecule has 0 radical (unpaired) electrons. The Bertz CT molecular complexity index is 654. The van der Waals surface area contributed by atoms with Gasteiger partial charge < -0.3 is 5.32 Å². The maximum Gasteiger partial charge on any atom is 0.0599 e. The van der Waals surface area contributed by atoms with Crippen LogP contribution in [-0.4, -0.2) is 6.54 Å². The van der Waals surface area contributed by atoms with Gasteiger partial charge in [0.05, 0.1) is 11.1 Å². The highest BCUT2D eigenvalue weighted by molar-refractivity contribution is 9.10. The van der Waals surface area contributed by atoms with Crippen LogP contribution >= 0.6 is 27.5 Å². The van der Waals surface area contributed by atoms with Gasteiger partial charge in [0.1, 0.15) is 0 Å². The standard InChI is InChI=1S/C18H19BrClN/c1-2-21-18(15-7-4-8-16(19)17(15)20)14-10-9-12-5-3-6-13(12)11-14/h4,7-11,18,21H,2-3,5-6H2,1H3. The highest BCUT2D eigenvalue weighted by atomic mass is 79.9. The van der Waals surface area contributed by atoms with Crippen LogP contribution in [0.3, 0.4) is 0 Å². The lowest BCUT2D eigenvalue weighted by Gasteiger charge is -2.21. The van der Waals surface area contributed by atoms with Crippen molar-refractivity contribution in [2.24, 2.45) is 0 Å². The van der Waals surface area contributed by atoms with Gasteiger partial charge in [0.2, 0.25) is 0 Å². The zero-order chi connectivity index (χ0) is 14.8. The summed E-state index contributed by atoms with van der Waals surface area (Å²) >= 11 is 10.0. The van der Waals surface area contributed by atoms with Gasteiger partial charge in [0, 0.05) is 4.47 Å². The average Bonchev–Trinajstić information content (AvgIpc) is 2.95. The minimum atomic E-state index is 0.144. The van der Waals surface area contributed by atoms with Crippen LogP contribution in [-0.2, 0) is 12.8 Å². The Labute approximate surface area is 139 Å². The molecule has 110 valence electrons. The lowest BCUT2D eigenvalue weighted by Crippen LogP contribution is -2.22. The fourth-order valence-electron chi connectivity index (χ4n) is 3.13. The largest absolute Gasteiger partial charge is 0.306 e. The van der Waals surface area contributed by atoms with Gasteiger partial charge >= 0.3 is 0 Å². The van der Waals surface area contributed by atoms with Crippen molar-refractivity contribution in [1.29, 1.82) is 0 Å². The Balaban J connectivity index is 2.03. The molecule has 0 bridgehead atoms. The molecule has 1 nitrogen and oxygen atoms in total. The van der Waals surface area contributed by atoms with E-state index in [0.29, 0.717) is 0 Å². The second-order valence-electron chi connectivity index (χ2n) is 5.52. The lowest BCUT2D eigenvalue weighted by molar-refractivity contribution is 0.630. The van der Waals surface area contributed by atoms with E-state index in [0.717, 1.165) is 21.6 Å². The molecule has 1 atom stereocenters. The average molecular weight is 365 g/mol. The molecule has 21 heavy (non-hydrogen) atoms. The number of fused-ring (bicyclic) bond motifs is 1. The third kappa shape index (κ3) is 3.03. The van der Waals surface area contributed by atoms with Crippen molar-refractivity contribution in [3.8, 4) is 0 Å². The Morgan fingerprint density at radius 2 is 2.00 bits per heavy atom. The zero-order valence-corrected chi connectivity index (χ0v) is 14.5. The molecule has 1 aliphatic carbocycles. The van der Waals surface area contributed by atoms with Gasteiger partial charge in [-0.05, 0) is 70.1 Å². The van der Waals surface area contributed by atoms with E-state index in [-0.39, 0.29) is 6.04 Å². The molecule has 0 heterocycles. The monoisotopic (exact) mass is 363 g/mol. The fraction of sp³-hybridized carbons (Fsp3) is 0.333. The number of nitrogens with one attached hydrogen (secondary N) is 1. The van der Waals surface area contributed by atoms with E-state index < -0.39 is 0 Å². The molecular weight excluding hydrogens is 346 g/mol. The quantitative estimate of drug-likeness (QED) is 0.777. The number of hydrogen-bond donors (Lipinski definition) is 1. The topological polar surface area (TPSA) is 12.0 Å². The first-order valence-electron chi connectivity index (χ1n) is 7.49. The molecule has 0 amide bonds. The SMILES string of the molecule is CCNC(c1ccc2c(c1)CCC2)c1cccc(Br)c1Cl. The van der Waals surface area contributed by atoms with Gasteiger partial charge in [-0.25, -0.2) is 0 Å². The molecular formula is C18H19BrClN. The number of halogens is 2. The molecule has 1 unspecified atom stereocenters. The van der Waals surface area contributed by atoms with Gasteiger partial charge in [-0.15, -0.1) is 0 Å². The lowest BCUT2D eigenvalue weighted by atomic mass is 9.95. The summed E-state index contributed by atoms with van der Waals surface area (Å²) in [5.41, 5.74) is 5.44. The third-order valence-corrected chi connectivity index (χ3v) is 5.47. The maximum absolute atomic E-state index is 6.50. The summed E-state index contributed by atoms with van der Waals surface area (Å²) in [7, 11) is 0. The van der Waals surface area contributed by atoms with Crippen LogP contribution in [0.5, 0.6) is 0 Å². The summed E-state index contributed by atoms with van der Waals surface area (Å²) in [5, 5.41) is 4.36. The molecule has 0 saturated carbocycles. The van der Waals surface area contributed by atoms with Crippen molar-refractivity contribution in [2.45, 2.75) is 32.2 Å². The van der Waals surface area contributed by atoms with E-state index in [1.807, 2.05) is 12.1 Å². The van der Waals surface area contributed by atoms with E-state index in [4.69, 9.17) is 11.6 Å². The summed E-state index contributed by atoms with van der Waals surface area (Å²) in [6, 6.07) is 13.2. The van der Waals surface area contributed by atoms with Gasteiger partial charge in [-0.2, -0.15) is 0 Å². The predicted octanol–water partition coefficient (Wildman–Crippen LogP) is 5.29. The first-order valence-corrected chi connectivity index (χ1v) is 8.66. The molecule has 0 aliphatic heterocycles. The molecule has 0 fully saturated rings.